The van der Waals surface area contributed by atoms with Crippen molar-refractivity contribution in [1.29, 1.82) is 0 Å². The molecule has 0 aliphatic rings. The first kappa shape index (κ1) is 34.0. The molecule has 0 aromatic heterocycles. The molecule has 0 fully saturated rings. The molecule has 0 radical (unpaired) electrons. The van der Waals surface area contributed by atoms with Gasteiger partial charge in [-0.25, -0.2) is 0 Å². The lowest BCUT2D eigenvalue weighted by molar-refractivity contribution is -0.154. The fourth-order valence-corrected chi connectivity index (χ4v) is 3.04. The van der Waals surface area contributed by atoms with Crippen LogP contribution in [-0.4, -0.2) is 50.4 Å². The number of hydrogen-bond acceptors (Lipinski definition) is 9. The predicted molar refractivity (Wildman–Crippen MR) is 140 cm³/mol. The van der Waals surface area contributed by atoms with Crippen LogP contribution in [0.25, 0.3) is 0 Å². The summed E-state index contributed by atoms with van der Waals surface area (Å²) in [6.45, 7) is 18.3. The number of aliphatic hydroxyl groups excluding tert-OH is 1. The van der Waals surface area contributed by atoms with Crippen LogP contribution in [0.1, 0.15) is 86.5 Å². The summed E-state index contributed by atoms with van der Waals surface area (Å²) in [5, 5.41) is 10.8. The number of hydrogen-bond donors (Lipinski definition) is 2. The third-order valence-corrected chi connectivity index (χ3v) is 4.93. The molecule has 0 spiro atoms. The highest BCUT2D eigenvalue weighted by Crippen LogP contribution is 2.30. The topological polar surface area (TPSA) is 128 Å². The van der Waals surface area contributed by atoms with Crippen LogP contribution in [0.3, 0.4) is 0 Å². The Labute approximate surface area is 217 Å². The highest BCUT2D eigenvalue weighted by atomic mass is 32.2. The van der Waals surface area contributed by atoms with Gasteiger partial charge in [0.05, 0.1) is 17.1 Å². The Morgan fingerprint density at radius 3 is 1.89 bits per heavy atom. The SMILES string of the molecule is CC(C)(C)NCC(OS(C)(=O)=O)c1ccc(OC(=O)C(C)(C)C)c(COC(=O)C(C)(C)C)c1.CCO. The van der Waals surface area contributed by atoms with Gasteiger partial charge in [0.15, 0.2) is 0 Å². The highest BCUT2D eigenvalue weighted by molar-refractivity contribution is 7.86. The average Bonchev–Trinajstić information content (AvgIpc) is 2.67. The summed E-state index contributed by atoms with van der Waals surface area (Å²) in [6, 6.07) is 4.84. The van der Waals surface area contributed by atoms with E-state index in [4.69, 9.17) is 18.8 Å². The Hall–Kier alpha value is -2.01. The number of rotatable bonds is 8. The van der Waals surface area contributed by atoms with Crippen LogP contribution in [-0.2, 0) is 35.2 Å². The molecular weight excluding hydrogens is 486 g/mol. The summed E-state index contributed by atoms with van der Waals surface area (Å²) in [5.41, 5.74) is -0.753. The van der Waals surface area contributed by atoms with Gasteiger partial charge in [0, 0.05) is 24.3 Å². The van der Waals surface area contributed by atoms with Gasteiger partial charge < -0.3 is 19.9 Å². The van der Waals surface area contributed by atoms with Crippen molar-refractivity contribution in [2.45, 2.75) is 87.5 Å². The van der Waals surface area contributed by atoms with E-state index < -0.39 is 39.0 Å². The highest BCUT2D eigenvalue weighted by Gasteiger charge is 2.28. The van der Waals surface area contributed by atoms with Crippen LogP contribution in [0.4, 0.5) is 0 Å². The molecule has 1 aromatic carbocycles. The molecule has 0 amide bonds. The lowest BCUT2D eigenvalue weighted by Crippen LogP contribution is -2.39. The summed E-state index contributed by atoms with van der Waals surface area (Å²) >= 11 is 0. The predicted octanol–water partition coefficient (Wildman–Crippen LogP) is 4.13. The number of carbonyl (C=O) groups is 2. The van der Waals surface area contributed by atoms with E-state index >= 15 is 0 Å². The smallest absolute Gasteiger partial charge is 0.316 e. The molecule has 10 heteroatoms. The van der Waals surface area contributed by atoms with Crippen molar-refractivity contribution in [3.63, 3.8) is 0 Å². The maximum atomic E-state index is 12.5. The Morgan fingerprint density at radius 1 is 0.972 bits per heavy atom. The molecule has 0 aliphatic heterocycles. The van der Waals surface area contributed by atoms with E-state index in [1.807, 2.05) is 20.8 Å². The van der Waals surface area contributed by atoms with Gasteiger partial charge in [-0.15, -0.1) is 0 Å². The van der Waals surface area contributed by atoms with Crippen molar-refractivity contribution in [2.24, 2.45) is 10.8 Å². The zero-order valence-corrected chi connectivity index (χ0v) is 24.5. The van der Waals surface area contributed by atoms with Gasteiger partial charge in [0.1, 0.15) is 18.5 Å². The molecule has 0 heterocycles. The van der Waals surface area contributed by atoms with Crippen LogP contribution in [0.2, 0.25) is 0 Å². The molecule has 0 aliphatic carbocycles. The third-order valence-electron chi connectivity index (χ3n) is 4.35. The molecule has 208 valence electrons. The molecule has 1 atom stereocenters. The minimum absolute atomic E-state index is 0.144. The van der Waals surface area contributed by atoms with E-state index in [2.05, 4.69) is 5.32 Å². The van der Waals surface area contributed by atoms with E-state index in [-0.39, 0.29) is 31.0 Å². The fraction of sp³-hybridized carbons (Fsp3) is 0.692. The number of esters is 2. The molecule has 1 rings (SSSR count). The summed E-state index contributed by atoms with van der Waals surface area (Å²) in [5.74, 6) is -0.626. The van der Waals surface area contributed by atoms with Crippen LogP contribution < -0.4 is 10.1 Å². The fourth-order valence-electron chi connectivity index (χ4n) is 2.44. The second-order valence-corrected chi connectivity index (χ2v) is 13.2. The van der Waals surface area contributed by atoms with Crippen molar-refractivity contribution in [3.8, 4) is 5.75 Å². The Kier molecular flexibility index (Phi) is 12.8. The van der Waals surface area contributed by atoms with Crippen molar-refractivity contribution in [2.75, 3.05) is 19.4 Å². The normalized spacial score (nSPS) is 13.3. The third kappa shape index (κ3) is 13.9. The van der Waals surface area contributed by atoms with Crippen molar-refractivity contribution >= 4 is 22.1 Å². The number of ether oxygens (including phenoxy) is 2. The van der Waals surface area contributed by atoms with Crippen LogP contribution >= 0.6 is 0 Å². The quantitative estimate of drug-likeness (QED) is 0.289. The van der Waals surface area contributed by atoms with Crippen molar-refractivity contribution in [1.82, 2.24) is 5.32 Å². The molecular formula is C26H45NO8S. The Bertz CT molecular complexity index is 967. The molecule has 9 nitrogen and oxygen atoms in total. The van der Waals surface area contributed by atoms with Gasteiger partial charge in [-0.05, 0) is 86.9 Å². The zero-order chi connectivity index (χ0) is 28.5. The van der Waals surface area contributed by atoms with Crippen LogP contribution in [0, 0.1) is 10.8 Å². The standard InChI is InChI=1S/C24H39NO7S.C2H6O/c1-22(2,3)20(26)30-15-17-13-16(11-12-18(17)31-21(27)23(4,5)6)19(32-33(10,28)29)14-25-24(7,8)9;1-2-3/h11-13,19,25H,14-15H2,1-10H3;3H,2H2,1H3. The van der Waals surface area contributed by atoms with E-state index in [1.165, 1.54) is 0 Å². The Morgan fingerprint density at radius 2 is 1.47 bits per heavy atom. The summed E-state index contributed by atoms with van der Waals surface area (Å²) in [4.78, 5) is 24.8. The van der Waals surface area contributed by atoms with Gasteiger partial charge in [-0.1, -0.05) is 6.07 Å². The van der Waals surface area contributed by atoms with Gasteiger partial charge in [-0.3, -0.25) is 13.8 Å². The molecule has 2 N–H and O–H groups in total. The maximum Gasteiger partial charge on any atom is 0.316 e. The number of carbonyl (C=O) groups excluding carboxylic acids is 2. The second-order valence-electron chi connectivity index (χ2n) is 11.6. The summed E-state index contributed by atoms with van der Waals surface area (Å²) in [6.07, 6.45) is 0.159. The van der Waals surface area contributed by atoms with E-state index in [9.17, 15) is 18.0 Å². The van der Waals surface area contributed by atoms with Gasteiger partial charge >= 0.3 is 11.9 Å². The van der Waals surface area contributed by atoms with Crippen molar-refractivity contribution in [3.05, 3.63) is 29.3 Å². The molecule has 1 aromatic rings. The van der Waals surface area contributed by atoms with Crippen molar-refractivity contribution < 1.29 is 36.8 Å². The maximum absolute atomic E-state index is 12.5. The van der Waals surface area contributed by atoms with E-state index in [0.717, 1.165) is 6.26 Å². The summed E-state index contributed by atoms with van der Waals surface area (Å²) in [7, 11) is -3.76. The van der Waals surface area contributed by atoms with Gasteiger partial charge in [-0.2, -0.15) is 8.42 Å². The lowest BCUT2D eigenvalue weighted by Gasteiger charge is -2.26. The lowest BCUT2D eigenvalue weighted by atomic mass is 9.97. The zero-order valence-electron chi connectivity index (χ0n) is 23.6. The number of nitrogens with one attached hydrogen (secondary N) is 1. The molecule has 0 bridgehead atoms. The van der Waals surface area contributed by atoms with E-state index in [1.54, 1.807) is 66.7 Å². The average molecular weight is 532 g/mol. The first-order chi connectivity index (χ1) is 16.1. The minimum Gasteiger partial charge on any atom is -0.460 e. The number of benzene rings is 1. The Balaban J connectivity index is 0.00000387. The first-order valence-corrected chi connectivity index (χ1v) is 13.7. The first-order valence-electron chi connectivity index (χ1n) is 11.9. The summed E-state index contributed by atoms with van der Waals surface area (Å²) < 4.78 is 40.1. The molecule has 1 unspecified atom stereocenters. The van der Waals surface area contributed by atoms with Crippen LogP contribution in [0.15, 0.2) is 18.2 Å². The molecule has 0 saturated heterocycles. The monoisotopic (exact) mass is 531 g/mol. The minimum atomic E-state index is -3.76. The van der Waals surface area contributed by atoms with Gasteiger partial charge in [0.2, 0.25) is 0 Å². The van der Waals surface area contributed by atoms with Gasteiger partial charge in [0.25, 0.3) is 10.1 Å². The van der Waals surface area contributed by atoms with E-state index in [0.29, 0.717) is 11.1 Å². The molecule has 36 heavy (non-hydrogen) atoms. The second kappa shape index (κ2) is 13.5. The number of aliphatic hydroxyl groups is 1. The molecule has 0 saturated carbocycles. The van der Waals surface area contributed by atoms with Crippen LogP contribution in [0.5, 0.6) is 5.75 Å². The largest absolute Gasteiger partial charge is 0.460 e.